The Hall–Kier alpha value is -2.06. The summed E-state index contributed by atoms with van der Waals surface area (Å²) in [7, 11) is 0. The number of pyridine rings is 1. The number of carbonyl (C=O) groups excluding carboxylic acids is 1. The van der Waals surface area contributed by atoms with E-state index in [4.69, 9.17) is 46.4 Å². The van der Waals surface area contributed by atoms with Crippen LogP contribution in [0, 0.1) is 0 Å². The summed E-state index contributed by atoms with van der Waals surface area (Å²) in [5.41, 5.74) is 2.54. The minimum absolute atomic E-state index is 0. The fourth-order valence-electron chi connectivity index (χ4n) is 5.31. The van der Waals surface area contributed by atoms with E-state index in [1.54, 1.807) is 24.4 Å². The third kappa shape index (κ3) is 7.37. The number of hydrogen-bond acceptors (Lipinski definition) is 5. The molecule has 0 aliphatic carbocycles. The van der Waals surface area contributed by atoms with Crippen molar-refractivity contribution >= 4 is 58.1 Å². The topological polar surface area (TPSA) is 51.7 Å². The predicted octanol–water partition coefficient (Wildman–Crippen LogP) is 6.66. The Kier molecular flexibility index (Phi) is 9.54. The van der Waals surface area contributed by atoms with Gasteiger partial charge in [0.1, 0.15) is 5.82 Å². The first-order valence-electron chi connectivity index (χ1n) is 13.2. The molecule has 0 saturated carbocycles. The summed E-state index contributed by atoms with van der Waals surface area (Å²) in [6.45, 7) is 7.02. The minimum Gasteiger partial charge on any atom is -0.353 e. The molecule has 0 bridgehead atoms. The molecule has 2 aromatic carbocycles. The predicted molar refractivity (Wildman–Crippen MR) is 163 cm³/mol. The van der Waals surface area contributed by atoms with Crippen LogP contribution in [-0.2, 0) is 13.1 Å². The number of nitrogens with zero attached hydrogens (tertiary/aromatic N) is 4. The van der Waals surface area contributed by atoms with Crippen LogP contribution in [0.15, 0.2) is 54.7 Å². The van der Waals surface area contributed by atoms with Gasteiger partial charge in [-0.05, 0) is 67.4 Å². The molecule has 3 aromatic rings. The molecule has 3 heterocycles. The van der Waals surface area contributed by atoms with Crippen molar-refractivity contribution in [3.8, 4) is 0 Å². The van der Waals surface area contributed by atoms with Gasteiger partial charge in [-0.25, -0.2) is 4.98 Å². The van der Waals surface area contributed by atoms with Crippen LogP contribution < -0.4 is 10.2 Å². The van der Waals surface area contributed by atoms with Crippen LogP contribution in [0.5, 0.6) is 0 Å². The molecule has 39 heavy (non-hydrogen) atoms. The first-order valence-corrected chi connectivity index (χ1v) is 14.7. The second kappa shape index (κ2) is 13.1. The number of rotatable bonds is 7. The van der Waals surface area contributed by atoms with Gasteiger partial charge in [0.2, 0.25) is 0 Å². The SMILES string of the molecule is O=C(NCc1ccc(Cl)cc1)c1cnc(N2CCN(C3CCN(Cc4ccc(Cl)cc4Cl)CC3)CC2)c(Cl)c1.[HH]. The molecule has 0 spiro atoms. The molecule has 2 aliphatic heterocycles. The van der Waals surface area contributed by atoms with Gasteiger partial charge in [0.25, 0.3) is 5.91 Å². The number of anilines is 1. The maximum Gasteiger partial charge on any atom is 0.253 e. The van der Waals surface area contributed by atoms with Crippen molar-refractivity contribution in [1.29, 1.82) is 0 Å². The lowest BCUT2D eigenvalue weighted by Gasteiger charge is -2.43. The Bertz CT molecular complexity index is 1300. The van der Waals surface area contributed by atoms with Gasteiger partial charge < -0.3 is 10.2 Å². The quantitative estimate of drug-likeness (QED) is 0.325. The Balaban J connectivity index is 0.00000370. The third-order valence-corrected chi connectivity index (χ3v) is 8.66. The lowest BCUT2D eigenvalue weighted by molar-refractivity contribution is 0.0950. The molecule has 1 N–H and O–H groups in total. The van der Waals surface area contributed by atoms with Crippen LogP contribution >= 0.6 is 46.4 Å². The van der Waals surface area contributed by atoms with E-state index in [0.29, 0.717) is 33.2 Å². The standard InChI is InChI=1S/C29H31Cl4N5O.H2/c30-23-4-1-20(2-5-23)17-35-29(39)22-15-27(33)28(34-18-22)38-13-11-37(12-14-38)25-7-9-36(10-8-25)19-21-3-6-24(31)16-26(21)32;/h1-6,15-16,18,25H,7-14,17,19H2,(H,35,39);1H. The normalized spacial score (nSPS) is 17.4. The summed E-state index contributed by atoms with van der Waals surface area (Å²) < 4.78 is 0. The maximum atomic E-state index is 12.6. The van der Waals surface area contributed by atoms with E-state index >= 15 is 0 Å². The highest BCUT2D eigenvalue weighted by atomic mass is 35.5. The molecule has 1 amide bonds. The van der Waals surface area contributed by atoms with Crippen LogP contribution in [0.3, 0.4) is 0 Å². The van der Waals surface area contributed by atoms with Gasteiger partial charge in [0, 0.05) is 68.0 Å². The Morgan fingerprint density at radius 2 is 1.56 bits per heavy atom. The summed E-state index contributed by atoms with van der Waals surface area (Å²) in [5, 5.41) is 5.48. The Morgan fingerprint density at radius 3 is 2.23 bits per heavy atom. The van der Waals surface area contributed by atoms with Crippen molar-refractivity contribution in [2.45, 2.75) is 32.0 Å². The van der Waals surface area contributed by atoms with Crippen LogP contribution in [0.25, 0.3) is 0 Å². The number of halogens is 4. The van der Waals surface area contributed by atoms with E-state index in [1.807, 2.05) is 30.3 Å². The van der Waals surface area contributed by atoms with Gasteiger partial charge in [-0.3, -0.25) is 14.6 Å². The van der Waals surface area contributed by atoms with E-state index < -0.39 is 0 Å². The summed E-state index contributed by atoms with van der Waals surface area (Å²) >= 11 is 24.9. The lowest BCUT2D eigenvalue weighted by atomic mass is 10.0. The highest BCUT2D eigenvalue weighted by Gasteiger charge is 2.28. The van der Waals surface area contributed by atoms with Crippen LogP contribution in [0.2, 0.25) is 20.1 Å². The van der Waals surface area contributed by atoms with Crippen LogP contribution in [0.4, 0.5) is 5.82 Å². The molecule has 0 radical (unpaired) electrons. The van der Waals surface area contributed by atoms with Gasteiger partial charge in [-0.15, -0.1) is 0 Å². The number of piperazine rings is 1. The summed E-state index contributed by atoms with van der Waals surface area (Å²) in [6, 6.07) is 15.4. The van der Waals surface area contributed by atoms with E-state index in [2.05, 4.69) is 25.0 Å². The van der Waals surface area contributed by atoms with Crippen LogP contribution in [-0.4, -0.2) is 66.0 Å². The third-order valence-electron chi connectivity index (χ3n) is 7.55. The molecular weight excluding hydrogens is 576 g/mol. The number of piperidine rings is 1. The molecule has 5 rings (SSSR count). The van der Waals surface area contributed by atoms with E-state index in [1.165, 1.54) is 0 Å². The zero-order chi connectivity index (χ0) is 27.4. The number of carbonyl (C=O) groups is 1. The monoisotopic (exact) mass is 607 g/mol. The molecule has 6 nitrogen and oxygen atoms in total. The molecule has 208 valence electrons. The van der Waals surface area contributed by atoms with Gasteiger partial charge in [0.05, 0.1) is 10.6 Å². The van der Waals surface area contributed by atoms with Gasteiger partial charge in [-0.2, -0.15) is 0 Å². The maximum absolute atomic E-state index is 12.6. The van der Waals surface area contributed by atoms with Crippen molar-refractivity contribution in [2.75, 3.05) is 44.2 Å². The molecular formula is C29H33Cl4N5O. The Labute approximate surface area is 251 Å². The van der Waals surface area contributed by atoms with Crippen molar-refractivity contribution < 1.29 is 6.22 Å². The van der Waals surface area contributed by atoms with Gasteiger partial charge in [0.15, 0.2) is 0 Å². The minimum atomic E-state index is -0.208. The average Bonchev–Trinajstić information content (AvgIpc) is 2.94. The van der Waals surface area contributed by atoms with Crippen molar-refractivity contribution in [1.82, 2.24) is 20.1 Å². The zero-order valence-corrected chi connectivity index (χ0v) is 24.6. The molecule has 2 fully saturated rings. The molecule has 0 atom stereocenters. The average molecular weight is 609 g/mol. The molecule has 10 heteroatoms. The van der Waals surface area contributed by atoms with E-state index in [-0.39, 0.29) is 7.33 Å². The second-order valence-electron chi connectivity index (χ2n) is 10.1. The summed E-state index contributed by atoms with van der Waals surface area (Å²) in [5.74, 6) is 0.528. The second-order valence-corrected chi connectivity index (χ2v) is 11.8. The fourth-order valence-corrected chi connectivity index (χ4v) is 6.19. The first-order chi connectivity index (χ1) is 18.9. The molecule has 2 saturated heterocycles. The van der Waals surface area contributed by atoms with Crippen molar-refractivity contribution in [3.05, 3.63) is 91.5 Å². The highest BCUT2D eigenvalue weighted by Crippen LogP contribution is 2.28. The van der Waals surface area contributed by atoms with Gasteiger partial charge >= 0.3 is 0 Å². The van der Waals surface area contributed by atoms with E-state index in [9.17, 15) is 4.79 Å². The summed E-state index contributed by atoms with van der Waals surface area (Å²) in [4.78, 5) is 24.5. The smallest absolute Gasteiger partial charge is 0.253 e. The first kappa shape index (κ1) is 28.5. The molecule has 0 unspecified atom stereocenters. The zero-order valence-electron chi connectivity index (χ0n) is 21.6. The van der Waals surface area contributed by atoms with E-state index in [0.717, 1.165) is 80.6 Å². The fraction of sp³-hybridized carbons (Fsp3) is 0.379. The lowest BCUT2D eigenvalue weighted by Crippen LogP contribution is -2.53. The number of benzene rings is 2. The number of nitrogens with one attached hydrogen (secondary N) is 1. The Morgan fingerprint density at radius 1 is 0.872 bits per heavy atom. The number of likely N-dealkylation sites (tertiary alicyclic amines) is 1. The number of aromatic nitrogens is 1. The largest absolute Gasteiger partial charge is 0.353 e. The summed E-state index contributed by atoms with van der Waals surface area (Å²) in [6.07, 6.45) is 3.89. The number of hydrogen-bond donors (Lipinski definition) is 1. The van der Waals surface area contributed by atoms with Crippen molar-refractivity contribution in [3.63, 3.8) is 0 Å². The number of amides is 1. The molecule has 2 aliphatic rings. The highest BCUT2D eigenvalue weighted by molar-refractivity contribution is 6.35. The van der Waals surface area contributed by atoms with Crippen molar-refractivity contribution in [2.24, 2.45) is 0 Å². The van der Waals surface area contributed by atoms with Gasteiger partial charge in [-0.1, -0.05) is 64.6 Å². The van der Waals surface area contributed by atoms with Crippen LogP contribution in [0.1, 0.15) is 35.8 Å². The molecule has 1 aromatic heterocycles.